The lowest BCUT2D eigenvalue weighted by atomic mass is 10.1. The van der Waals surface area contributed by atoms with Crippen molar-refractivity contribution in [2.45, 2.75) is 44.4 Å². The molecule has 0 spiro atoms. The molecule has 0 saturated carbocycles. The molecule has 0 heterocycles. The zero-order valence-electron chi connectivity index (χ0n) is 10.6. The molecule has 1 atom stereocenters. The highest BCUT2D eigenvalue weighted by Crippen LogP contribution is 2.13. The molecule has 0 aliphatic carbocycles. The lowest BCUT2D eigenvalue weighted by Crippen LogP contribution is -2.02. The molecule has 0 saturated heterocycles. The molecular formula is C14H20O2S. The van der Waals surface area contributed by atoms with Gasteiger partial charge in [0.25, 0.3) is 0 Å². The number of hydrogen-bond acceptors (Lipinski definition) is 2. The van der Waals surface area contributed by atoms with E-state index in [2.05, 4.69) is 6.92 Å². The summed E-state index contributed by atoms with van der Waals surface area (Å²) >= 11 is 0. The molecular weight excluding hydrogens is 232 g/mol. The second-order valence-corrected chi connectivity index (χ2v) is 5.67. The van der Waals surface area contributed by atoms with Crippen molar-refractivity contribution in [3.63, 3.8) is 0 Å². The van der Waals surface area contributed by atoms with Gasteiger partial charge in [-0.25, -0.2) is 0 Å². The zero-order valence-corrected chi connectivity index (χ0v) is 11.4. The average molecular weight is 252 g/mol. The highest BCUT2D eigenvalue weighted by Gasteiger charge is 2.08. The van der Waals surface area contributed by atoms with Crippen molar-refractivity contribution in [1.82, 2.24) is 0 Å². The van der Waals surface area contributed by atoms with Crippen molar-refractivity contribution in [3.8, 4) is 0 Å². The quantitative estimate of drug-likeness (QED) is 0.695. The van der Waals surface area contributed by atoms with E-state index in [0.29, 0.717) is 17.7 Å². The van der Waals surface area contributed by atoms with Crippen LogP contribution in [0.25, 0.3) is 0 Å². The molecule has 0 bridgehead atoms. The minimum atomic E-state index is -0.966. The smallest absolute Gasteiger partial charge is 0.162 e. The molecule has 0 N–H and O–H groups in total. The largest absolute Gasteiger partial charge is 0.294 e. The molecule has 0 fully saturated rings. The Labute approximate surface area is 106 Å². The van der Waals surface area contributed by atoms with E-state index < -0.39 is 10.8 Å². The predicted molar refractivity (Wildman–Crippen MR) is 71.9 cm³/mol. The second kappa shape index (κ2) is 7.38. The van der Waals surface area contributed by atoms with E-state index in [1.165, 1.54) is 0 Å². The van der Waals surface area contributed by atoms with Crippen LogP contribution in [0.15, 0.2) is 29.2 Å². The average Bonchev–Trinajstić information content (AvgIpc) is 2.36. The Kier molecular flexibility index (Phi) is 6.12. The van der Waals surface area contributed by atoms with Gasteiger partial charge in [0.15, 0.2) is 5.78 Å². The summed E-state index contributed by atoms with van der Waals surface area (Å²) in [7, 11) is -0.966. The Balaban J connectivity index is 2.78. The topological polar surface area (TPSA) is 34.1 Å². The standard InChI is InChI=1S/C14H20O2S/c1-3-5-10-17(16)13-9-6-8-12(11-13)14(15)7-4-2/h6,8-9,11H,3-5,7,10H2,1-2H3. The van der Waals surface area contributed by atoms with Crippen molar-refractivity contribution < 1.29 is 9.00 Å². The number of rotatable bonds is 7. The zero-order chi connectivity index (χ0) is 12.7. The normalized spacial score (nSPS) is 12.4. The lowest BCUT2D eigenvalue weighted by molar-refractivity contribution is 0.0981. The molecule has 0 aromatic heterocycles. The van der Waals surface area contributed by atoms with Gasteiger partial charge < -0.3 is 0 Å². The van der Waals surface area contributed by atoms with E-state index >= 15 is 0 Å². The van der Waals surface area contributed by atoms with Gasteiger partial charge >= 0.3 is 0 Å². The number of hydrogen-bond donors (Lipinski definition) is 0. The van der Waals surface area contributed by atoms with Crippen LogP contribution in [0.3, 0.4) is 0 Å². The highest BCUT2D eigenvalue weighted by molar-refractivity contribution is 7.85. The van der Waals surface area contributed by atoms with Crippen LogP contribution in [0.2, 0.25) is 0 Å². The number of unbranched alkanes of at least 4 members (excludes halogenated alkanes) is 1. The molecule has 3 heteroatoms. The van der Waals surface area contributed by atoms with Crippen LogP contribution in [-0.4, -0.2) is 15.7 Å². The maximum absolute atomic E-state index is 11.9. The number of ketones is 1. The monoisotopic (exact) mass is 252 g/mol. The van der Waals surface area contributed by atoms with Crippen molar-refractivity contribution in [1.29, 1.82) is 0 Å². The summed E-state index contributed by atoms with van der Waals surface area (Å²) in [5.74, 6) is 0.823. The molecule has 2 nitrogen and oxygen atoms in total. The van der Waals surface area contributed by atoms with E-state index in [0.717, 1.165) is 24.2 Å². The van der Waals surface area contributed by atoms with Crippen LogP contribution < -0.4 is 0 Å². The van der Waals surface area contributed by atoms with E-state index in [1.807, 2.05) is 19.1 Å². The van der Waals surface area contributed by atoms with Gasteiger partial charge in [-0.15, -0.1) is 0 Å². The molecule has 94 valence electrons. The maximum atomic E-state index is 11.9. The van der Waals surface area contributed by atoms with Crippen LogP contribution in [0.1, 0.15) is 49.9 Å². The van der Waals surface area contributed by atoms with Crippen LogP contribution in [0.4, 0.5) is 0 Å². The molecule has 1 aromatic rings. The van der Waals surface area contributed by atoms with Crippen molar-refractivity contribution in [2.75, 3.05) is 5.75 Å². The summed E-state index contributed by atoms with van der Waals surface area (Å²) < 4.78 is 11.9. The first-order valence-corrected chi connectivity index (χ1v) is 7.52. The van der Waals surface area contributed by atoms with Gasteiger partial charge in [0.1, 0.15) is 0 Å². The first-order chi connectivity index (χ1) is 8.19. The van der Waals surface area contributed by atoms with Crippen LogP contribution in [-0.2, 0) is 10.8 Å². The summed E-state index contributed by atoms with van der Waals surface area (Å²) in [6.45, 7) is 4.07. The molecule has 0 aliphatic rings. The Morgan fingerprint density at radius 1 is 1.24 bits per heavy atom. The van der Waals surface area contributed by atoms with Crippen molar-refractivity contribution in [2.24, 2.45) is 0 Å². The SMILES string of the molecule is CCCCS(=O)c1cccc(C(=O)CCC)c1. The first kappa shape index (κ1) is 14.1. The molecule has 17 heavy (non-hydrogen) atoms. The third-order valence-corrected chi connectivity index (χ3v) is 4.02. The lowest BCUT2D eigenvalue weighted by Gasteiger charge is -2.04. The van der Waals surface area contributed by atoms with Crippen molar-refractivity contribution in [3.05, 3.63) is 29.8 Å². The molecule has 1 rings (SSSR count). The summed E-state index contributed by atoms with van der Waals surface area (Å²) in [5, 5.41) is 0. The van der Waals surface area contributed by atoms with Gasteiger partial charge in [-0.1, -0.05) is 32.4 Å². The van der Waals surface area contributed by atoms with Gasteiger partial charge in [0, 0.05) is 22.6 Å². The van der Waals surface area contributed by atoms with E-state index in [-0.39, 0.29) is 5.78 Å². The van der Waals surface area contributed by atoms with Crippen molar-refractivity contribution >= 4 is 16.6 Å². The molecule has 1 aromatic carbocycles. The maximum Gasteiger partial charge on any atom is 0.162 e. The minimum absolute atomic E-state index is 0.141. The van der Waals surface area contributed by atoms with E-state index in [9.17, 15) is 9.00 Å². The number of benzene rings is 1. The number of carbonyl (C=O) groups excluding carboxylic acids is 1. The van der Waals surface area contributed by atoms with E-state index in [4.69, 9.17) is 0 Å². The van der Waals surface area contributed by atoms with Gasteiger partial charge in [-0.05, 0) is 25.0 Å². The second-order valence-electron chi connectivity index (χ2n) is 4.10. The first-order valence-electron chi connectivity index (χ1n) is 6.20. The van der Waals surface area contributed by atoms with Crippen LogP contribution in [0, 0.1) is 0 Å². The molecule has 1 unspecified atom stereocenters. The molecule has 0 aliphatic heterocycles. The minimum Gasteiger partial charge on any atom is -0.294 e. The number of Topliss-reactive ketones (excluding diaryl/α,β-unsaturated/α-hetero) is 1. The Bertz CT molecular complexity index is 399. The Morgan fingerprint density at radius 2 is 2.00 bits per heavy atom. The fourth-order valence-electron chi connectivity index (χ4n) is 1.58. The fourth-order valence-corrected chi connectivity index (χ4v) is 2.85. The van der Waals surface area contributed by atoms with Crippen LogP contribution in [0.5, 0.6) is 0 Å². The van der Waals surface area contributed by atoms with Gasteiger partial charge in [0.2, 0.25) is 0 Å². The molecule has 0 radical (unpaired) electrons. The van der Waals surface area contributed by atoms with E-state index in [1.54, 1.807) is 12.1 Å². The summed E-state index contributed by atoms with van der Waals surface area (Å²) in [6, 6.07) is 7.25. The third-order valence-electron chi connectivity index (χ3n) is 2.58. The highest BCUT2D eigenvalue weighted by atomic mass is 32.2. The summed E-state index contributed by atoms with van der Waals surface area (Å²) in [5.41, 5.74) is 0.689. The summed E-state index contributed by atoms with van der Waals surface area (Å²) in [4.78, 5) is 12.5. The van der Waals surface area contributed by atoms with Crippen LogP contribution >= 0.6 is 0 Å². The fraction of sp³-hybridized carbons (Fsp3) is 0.500. The van der Waals surface area contributed by atoms with Gasteiger partial charge in [-0.2, -0.15) is 0 Å². The predicted octanol–water partition coefficient (Wildman–Crippen LogP) is 3.58. The Morgan fingerprint density at radius 3 is 2.65 bits per heavy atom. The summed E-state index contributed by atoms with van der Waals surface area (Å²) in [6.07, 6.45) is 3.41. The van der Waals surface area contributed by atoms with Gasteiger partial charge in [-0.3, -0.25) is 9.00 Å². The third kappa shape index (κ3) is 4.43. The Hall–Kier alpha value is -0.960. The molecule has 0 amide bonds. The number of carbonyl (C=O) groups is 1. The van der Waals surface area contributed by atoms with Gasteiger partial charge in [0.05, 0.1) is 10.8 Å².